The maximum atomic E-state index is 13.2. The van der Waals surface area contributed by atoms with E-state index in [0.29, 0.717) is 49.5 Å². The number of nitrogens with one attached hydrogen (secondary N) is 2. The molecule has 3 aliphatic rings. The highest BCUT2D eigenvalue weighted by Gasteiger charge is 2.27. The molecule has 2 aliphatic heterocycles. The van der Waals surface area contributed by atoms with Crippen molar-refractivity contribution >= 4 is 29.1 Å². The molecule has 0 atom stereocenters. The average Bonchev–Trinajstić information content (AvgIpc) is 3.39. The van der Waals surface area contributed by atoms with Crippen molar-refractivity contribution in [2.24, 2.45) is 5.92 Å². The van der Waals surface area contributed by atoms with Crippen molar-refractivity contribution in [2.75, 3.05) is 62.6 Å². The number of amides is 3. The van der Waals surface area contributed by atoms with Gasteiger partial charge >= 0.3 is 0 Å². The quantitative estimate of drug-likeness (QED) is 0.650. The van der Waals surface area contributed by atoms with E-state index < -0.39 is 0 Å². The van der Waals surface area contributed by atoms with Crippen LogP contribution in [0.1, 0.15) is 52.8 Å². The van der Waals surface area contributed by atoms with E-state index in [1.165, 1.54) is 0 Å². The van der Waals surface area contributed by atoms with Crippen molar-refractivity contribution in [2.45, 2.75) is 32.1 Å². The van der Waals surface area contributed by atoms with Crippen LogP contribution in [0.3, 0.4) is 0 Å². The van der Waals surface area contributed by atoms with E-state index in [4.69, 9.17) is 0 Å². The molecule has 196 valence electrons. The molecule has 2 N–H and O–H groups in total. The summed E-state index contributed by atoms with van der Waals surface area (Å²) in [6, 6.07) is 9.24. The van der Waals surface area contributed by atoms with Crippen molar-refractivity contribution in [3.8, 4) is 0 Å². The van der Waals surface area contributed by atoms with E-state index in [0.717, 1.165) is 57.4 Å². The Morgan fingerprint density at radius 3 is 2.35 bits per heavy atom. The van der Waals surface area contributed by atoms with Crippen molar-refractivity contribution in [3.63, 3.8) is 0 Å². The van der Waals surface area contributed by atoms with Gasteiger partial charge in [-0.05, 0) is 49.6 Å². The Balaban J connectivity index is 1.36. The summed E-state index contributed by atoms with van der Waals surface area (Å²) >= 11 is 0. The fraction of sp³-hybridized carbons (Fsp3) is 0.500. The summed E-state index contributed by atoms with van der Waals surface area (Å²) < 4.78 is 0. The maximum Gasteiger partial charge on any atom is 0.255 e. The van der Waals surface area contributed by atoms with E-state index in [1.807, 2.05) is 28.0 Å². The number of hydrogen-bond acceptors (Lipinski definition) is 6. The van der Waals surface area contributed by atoms with E-state index >= 15 is 0 Å². The van der Waals surface area contributed by atoms with Gasteiger partial charge in [0.15, 0.2) is 0 Å². The van der Waals surface area contributed by atoms with E-state index in [9.17, 15) is 14.4 Å². The number of hydrogen-bond donors (Lipinski definition) is 2. The van der Waals surface area contributed by atoms with Crippen LogP contribution in [0.15, 0.2) is 42.7 Å². The number of benzene rings is 1. The summed E-state index contributed by atoms with van der Waals surface area (Å²) in [4.78, 5) is 49.3. The highest BCUT2D eigenvalue weighted by molar-refractivity contribution is 6.00. The first-order valence-electron chi connectivity index (χ1n) is 13.5. The minimum atomic E-state index is -0.0123. The third-order valence-electron chi connectivity index (χ3n) is 7.66. The topological polar surface area (TPSA) is 97.9 Å². The molecule has 2 saturated heterocycles. The summed E-state index contributed by atoms with van der Waals surface area (Å²) in [5.74, 6) is 0.0426. The number of rotatable bonds is 5. The molecular formula is C28H36N6O3. The van der Waals surface area contributed by atoms with Crippen LogP contribution in [-0.2, 0) is 4.79 Å². The summed E-state index contributed by atoms with van der Waals surface area (Å²) in [5, 5.41) is 6.46. The number of pyridine rings is 1. The number of nitrogens with zero attached hydrogens (tertiary/aromatic N) is 4. The third-order valence-corrected chi connectivity index (χ3v) is 7.66. The van der Waals surface area contributed by atoms with Crippen LogP contribution >= 0.6 is 0 Å². The zero-order valence-corrected chi connectivity index (χ0v) is 21.3. The van der Waals surface area contributed by atoms with E-state index in [1.54, 1.807) is 24.5 Å². The van der Waals surface area contributed by atoms with E-state index in [2.05, 4.69) is 20.5 Å². The summed E-state index contributed by atoms with van der Waals surface area (Å²) in [5.41, 5.74) is 2.77. The van der Waals surface area contributed by atoms with Crippen LogP contribution in [0.5, 0.6) is 0 Å². The van der Waals surface area contributed by atoms with Gasteiger partial charge in [-0.25, -0.2) is 0 Å². The molecule has 1 aromatic carbocycles. The fourth-order valence-electron chi connectivity index (χ4n) is 5.55. The normalized spacial score (nSPS) is 19.0. The largest absolute Gasteiger partial charge is 0.368 e. The molecule has 3 fully saturated rings. The van der Waals surface area contributed by atoms with Gasteiger partial charge in [-0.2, -0.15) is 0 Å². The van der Waals surface area contributed by atoms with Gasteiger partial charge in [0.05, 0.1) is 16.9 Å². The van der Waals surface area contributed by atoms with Gasteiger partial charge in [0.25, 0.3) is 11.8 Å². The first-order chi connectivity index (χ1) is 18.1. The van der Waals surface area contributed by atoms with Gasteiger partial charge in [0.1, 0.15) is 0 Å². The van der Waals surface area contributed by atoms with Crippen LogP contribution < -0.4 is 15.5 Å². The lowest BCUT2D eigenvalue weighted by molar-refractivity contribution is -0.119. The molecule has 0 radical (unpaired) electrons. The van der Waals surface area contributed by atoms with Crippen molar-refractivity contribution in [1.29, 1.82) is 0 Å². The zero-order chi connectivity index (χ0) is 25.6. The second kappa shape index (κ2) is 11.7. The first-order valence-corrected chi connectivity index (χ1v) is 13.5. The predicted molar refractivity (Wildman–Crippen MR) is 143 cm³/mol. The Morgan fingerprint density at radius 1 is 0.838 bits per heavy atom. The zero-order valence-electron chi connectivity index (χ0n) is 21.3. The number of carbonyl (C=O) groups is 3. The molecule has 1 aliphatic carbocycles. The monoisotopic (exact) mass is 504 g/mol. The van der Waals surface area contributed by atoms with Gasteiger partial charge < -0.3 is 25.3 Å². The molecule has 1 aromatic heterocycles. The molecule has 3 amide bonds. The van der Waals surface area contributed by atoms with Gasteiger partial charge in [0.2, 0.25) is 5.91 Å². The summed E-state index contributed by atoms with van der Waals surface area (Å²) in [6.45, 7) is 5.57. The molecule has 9 nitrogen and oxygen atoms in total. The molecule has 9 heteroatoms. The van der Waals surface area contributed by atoms with Gasteiger partial charge in [-0.15, -0.1) is 0 Å². The van der Waals surface area contributed by atoms with Crippen LogP contribution in [-0.4, -0.2) is 84.9 Å². The molecular weight excluding hydrogens is 468 g/mol. The number of anilines is 2. The molecule has 2 aromatic rings. The molecule has 0 spiro atoms. The van der Waals surface area contributed by atoms with E-state index in [-0.39, 0.29) is 23.6 Å². The van der Waals surface area contributed by atoms with Crippen molar-refractivity contribution in [1.82, 2.24) is 20.1 Å². The van der Waals surface area contributed by atoms with Gasteiger partial charge in [-0.3, -0.25) is 19.4 Å². The smallest absolute Gasteiger partial charge is 0.255 e. The molecule has 3 heterocycles. The molecule has 37 heavy (non-hydrogen) atoms. The van der Waals surface area contributed by atoms with Crippen LogP contribution in [0.2, 0.25) is 0 Å². The lowest BCUT2D eigenvalue weighted by Crippen LogP contribution is -2.46. The maximum absolute atomic E-state index is 13.2. The predicted octanol–water partition coefficient (Wildman–Crippen LogP) is 2.61. The van der Waals surface area contributed by atoms with Crippen LogP contribution in [0.25, 0.3) is 0 Å². The Morgan fingerprint density at radius 2 is 1.59 bits per heavy atom. The van der Waals surface area contributed by atoms with Crippen LogP contribution in [0, 0.1) is 5.92 Å². The second-order valence-corrected chi connectivity index (χ2v) is 10.1. The first kappa shape index (κ1) is 25.2. The Bertz CT molecular complexity index is 1110. The lowest BCUT2D eigenvalue weighted by atomic mass is 10.1. The Hall–Kier alpha value is -3.46. The second-order valence-electron chi connectivity index (χ2n) is 10.1. The molecule has 1 saturated carbocycles. The number of piperazine rings is 1. The SMILES string of the molecule is O=C(Nc1cc(C(=O)N2CCNCC2)ccc1N1CCCN(C(=O)c2cccnc2)CC1)C1CCCC1. The molecule has 5 rings (SSSR count). The highest BCUT2D eigenvalue weighted by atomic mass is 16.2. The molecule has 0 bridgehead atoms. The molecule has 0 unspecified atom stereocenters. The fourth-order valence-corrected chi connectivity index (χ4v) is 5.55. The lowest BCUT2D eigenvalue weighted by Gasteiger charge is -2.29. The summed E-state index contributed by atoms with van der Waals surface area (Å²) in [6.07, 6.45) is 8.07. The number of aromatic nitrogens is 1. The van der Waals surface area contributed by atoms with Gasteiger partial charge in [0, 0.05) is 76.2 Å². The van der Waals surface area contributed by atoms with Crippen molar-refractivity contribution < 1.29 is 14.4 Å². The number of carbonyl (C=O) groups excluding carboxylic acids is 3. The van der Waals surface area contributed by atoms with Crippen molar-refractivity contribution in [3.05, 3.63) is 53.9 Å². The summed E-state index contributed by atoms with van der Waals surface area (Å²) in [7, 11) is 0. The minimum Gasteiger partial charge on any atom is -0.368 e. The average molecular weight is 505 g/mol. The minimum absolute atomic E-state index is 0.00600. The Labute approximate surface area is 218 Å². The van der Waals surface area contributed by atoms with Gasteiger partial charge in [-0.1, -0.05) is 12.8 Å². The third kappa shape index (κ3) is 5.93. The standard InChI is InChI=1S/C28H36N6O3/c35-26(21-5-1-2-6-21)31-24-19-22(27(36)34-15-11-29-12-16-34)8-9-25(24)32-13-4-14-33(18-17-32)28(37)23-7-3-10-30-20-23/h3,7-10,19-21,29H,1-2,4-6,11-18H2,(H,31,35). The highest BCUT2D eigenvalue weighted by Crippen LogP contribution is 2.32. The Kier molecular flexibility index (Phi) is 7.99. The van der Waals surface area contributed by atoms with Crippen LogP contribution in [0.4, 0.5) is 11.4 Å².